The number of hydrogen-bond acceptors (Lipinski definition) is 3. The minimum absolute atomic E-state index is 0.196. The summed E-state index contributed by atoms with van der Waals surface area (Å²) in [5.74, 6) is 0. The molecule has 100 valence electrons. The summed E-state index contributed by atoms with van der Waals surface area (Å²) in [4.78, 5) is 0. The maximum absolute atomic E-state index is 9.20. The van der Waals surface area contributed by atoms with Gasteiger partial charge in [0.2, 0.25) is 0 Å². The van der Waals surface area contributed by atoms with Crippen LogP contribution in [0.3, 0.4) is 0 Å². The summed E-state index contributed by atoms with van der Waals surface area (Å²) in [5, 5.41) is 24.8. The Morgan fingerprint density at radius 1 is 1.22 bits per heavy atom. The second-order valence-corrected chi connectivity index (χ2v) is 5.13. The molecule has 0 unspecified atom stereocenters. The Morgan fingerprint density at radius 3 is 2.17 bits per heavy atom. The highest BCUT2D eigenvalue weighted by atomic mass is 32.1. The smallest absolute Gasteiger partial charge is 0.171 e. The summed E-state index contributed by atoms with van der Waals surface area (Å²) in [6, 6.07) is 5.97. The summed E-state index contributed by atoms with van der Waals surface area (Å²) in [5.41, 5.74) is 2.32. The van der Waals surface area contributed by atoms with Gasteiger partial charge in [0.25, 0.3) is 0 Å². The van der Waals surface area contributed by atoms with Crippen LogP contribution >= 0.6 is 12.2 Å². The van der Waals surface area contributed by atoms with Crippen LogP contribution in [0, 0.1) is 13.8 Å². The van der Waals surface area contributed by atoms with E-state index in [0.29, 0.717) is 5.11 Å². The van der Waals surface area contributed by atoms with Crippen molar-refractivity contribution in [2.24, 2.45) is 0 Å². The van der Waals surface area contributed by atoms with Crippen molar-refractivity contribution in [2.45, 2.75) is 26.3 Å². The van der Waals surface area contributed by atoms with Crippen molar-refractivity contribution < 1.29 is 10.2 Å². The van der Waals surface area contributed by atoms with Gasteiger partial charge < -0.3 is 20.8 Å². The highest BCUT2D eigenvalue weighted by Gasteiger charge is 2.23. The largest absolute Gasteiger partial charge is 0.394 e. The van der Waals surface area contributed by atoms with Crippen molar-refractivity contribution >= 4 is 23.0 Å². The van der Waals surface area contributed by atoms with E-state index in [-0.39, 0.29) is 13.2 Å². The zero-order chi connectivity index (χ0) is 13.8. The Morgan fingerprint density at radius 2 is 1.72 bits per heavy atom. The van der Waals surface area contributed by atoms with Crippen LogP contribution in [0.4, 0.5) is 5.69 Å². The molecule has 0 saturated heterocycles. The third-order valence-electron chi connectivity index (χ3n) is 2.83. The Kier molecular flexibility index (Phi) is 5.07. The first-order chi connectivity index (χ1) is 8.41. The van der Waals surface area contributed by atoms with Crippen LogP contribution in [0.15, 0.2) is 18.2 Å². The molecule has 0 aliphatic rings. The number of benzene rings is 1. The van der Waals surface area contributed by atoms with Gasteiger partial charge in [0.05, 0.1) is 18.8 Å². The summed E-state index contributed by atoms with van der Waals surface area (Å²) >= 11 is 5.19. The zero-order valence-electron chi connectivity index (χ0n) is 10.9. The Bertz CT molecular complexity index is 411. The topological polar surface area (TPSA) is 64.5 Å². The molecule has 4 nitrogen and oxygen atoms in total. The first-order valence-electron chi connectivity index (χ1n) is 5.79. The second kappa shape index (κ2) is 6.13. The van der Waals surface area contributed by atoms with Crippen molar-refractivity contribution in [1.82, 2.24) is 5.32 Å². The SMILES string of the molecule is Cc1cccc(C)c1NC(=S)NC(C)(CO)CO. The lowest BCUT2D eigenvalue weighted by molar-refractivity contribution is 0.120. The molecule has 0 fully saturated rings. The van der Waals surface area contributed by atoms with E-state index in [9.17, 15) is 10.2 Å². The van der Waals surface area contributed by atoms with E-state index in [1.807, 2.05) is 32.0 Å². The molecule has 1 aromatic rings. The first kappa shape index (κ1) is 14.9. The Hall–Kier alpha value is -1.17. The molecule has 1 aromatic carbocycles. The van der Waals surface area contributed by atoms with Gasteiger partial charge in [0, 0.05) is 5.69 Å². The van der Waals surface area contributed by atoms with Gasteiger partial charge in [0.15, 0.2) is 5.11 Å². The molecule has 4 N–H and O–H groups in total. The zero-order valence-corrected chi connectivity index (χ0v) is 11.8. The van der Waals surface area contributed by atoms with Crippen molar-refractivity contribution in [3.05, 3.63) is 29.3 Å². The van der Waals surface area contributed by atoms with Crippen LogP contribution in [-0.2, 0) is 0 Å². The minimum atomic E-state index is -0.819. The van der Waals surface area contributed by atoms with E-state index in [2.05, 4.69) is 10.6 Å². The third-order valence-corrected chi connectivity index (χ3v) is 3.04. The molecular formula is C13H20N2O2S. The van der Waals surface area contributed by atoms with E-state index in [1.54, 1.807) is 6.92 Å². The molecule has 0 heterocycles. The molecule has 0 saturated carbocycles. The van der Waals surface area contributed by atoms with Crippen molar-refractivity contribution in [3.8, 4) is 0 Å². The van der Waals surface area contributed by atoms with Gasteiger partial charge in [-0.05, 0) is 44.1 Å². The number of aryl methyl sites for hydroxylation is 2. The average molecular weight is 268 g/mol. The molecule has 0 aliphatic carbocycles. The normalized spacial score (nSPS) is 11.2. The van der Waals surface area contributed by atoms with Crippen molar-refractivity contribution in [1.29, 1.82) is 0 Å². The van der Waals surface area contributed by atoms with Crippen LogP contribution in [0.2, 0.25) is 0 Å². The van der Waals surface area contributed by atoms with Crippen LogP contribution < -0.4 is 10.6 Å². The van der Waals surface area contributed by atoms with Gasteiger partial charge in [-0.2, -0.15) is 0 Å². The minimum Gasteiger partial charge on any atom is -0.394 e. The predicted molar refractivity (Wildman–Crippen MR) is 77.8 cm³/mol. The van der Waals surface area contributed by atoms with Crippen LogP contribution in [0.5, 0.6) is 0 Å². The molecule has 0 aliphatic heterocycles. The molecule has 18 heavy (non-hydrogen) atoms. The third kappa shape index (κ3) is 3.66. The number of aliphatic hydroxyl groups excluding tert-OH is 2. The fraction of sp³-hybridized carbons (Fsp3) is 0.462. The van der Waals surface area contributed by atoms with Gasteiger partial charge in [-0.25, -0.2) is 0 Å². The average Bonchev–Trinajstić information content (AvgIpc) is 2.34. The summed E-state index contributed by atoms with van der Waals surface area (Å²) in [7, 11) is 0. The van der Waals surface area contributed by atoms with Gasteiger partial charge in [-0.15, -0.1) is 0 Å². The maximum atomic E-state index is 9.20. The number of nitrogens with one attached hydrogen (secondary N) is 2. The van der Waals surface area contributed by atoms with Gasteiger partial charge in [-0.1, -0.05) is 18.2 Å². The second-order valence-electron chi connectivity index (χ2n) is 4.72. The fourth-order valence-electron chi connectivity index (χ4n) is 1.56. The Balaban J connectivity index is 2.77. The lowest BCUT2D eigenvalue weighted by Gasteiger charge is -2.28. The predicted octanol–water partition coefficient (Wildman–Crippen LogP) is 1.33. The van der Waals surface area contributed by atoms with E-state index in [0.717, 1.165) is 16.8 Å². The quantitative estimate of drug-likeness (QED) is 0.621. The number of aliphatic hydroxyl groups is 2. The highest BCUT2D eigenvalue weighted by Crippen LogP contribution is 2.19. The van der Waals surface area contributed by atoms with Crippen LogP contribution in [0.1, 0.15) is 18.1 Å². The molecule has 0 bridgehead atoms. The van der Waals surface area contributed by atoms with Gasteiger partial charge >= 0.3 is 0 Å². The van der Waals surface area contributed by atoms with Crippen LogP contribution in [0.25, 0.3) is 0 Å². The number of rotatable bonds is 4. The Labute approximate surface area is 113 Å². The monoisotopic (exact) mass is 268 g/mol. The molecular weight excluding hydrogens is 248 g/mol. The standard InChI is InChI=1S/C13H20N2O2S/c1-9-5-4-6-10(2)11(9)14-12(18)15-13(3,7-16)8-17/h4-6,16-17H,7-8H2,1-3H3,(H2,14,15,18). The molecule has 0 amide bonds. The molecule has 0 aromatic heterocycles. The number of hydrogen-bond donors (Lipinski definition) is 4. The maximum Gasteiger partial charge on any atom is 0.171 e. The number of para-hydroxylation sites is 1. The van der Waals surface area contributed by atoms with E-state index < -0.39 is 5.54 Å². The fourth-order valence-corrected chi connectivity index (χ4v) is 1.91. The summed E-state index contributed by atoms with van der Waals surface area (Å²) in [6.07, 6.45) is 0. The van der Waals surface area contributed by atoms with Crippen molar-refractivity contribution in [3.63, 3.8) is 0 Å². The lowest BCUT2D eigenvalue weighted by atomic mass is 10.1. The highest BCUT2D eigenvalue weighted by molar-refractivity contribution is 7.80. The van der Waals surface area contributed by atoms with E-state index in [1.165, 1.54) is 0 Å². The number of anilines is 1. The van der Waals surface area contributed by atoms with E-state index >= 15 is 0 Å². The lowest BCUT2D eigenvalue weighted by Crippen LogP contribution is -2.53. The summed E-state index contributed by atoms with van der Waals surface area (Å²) in [6.45, 7) is 5.30. The molecule has 0 radical (unpaired) electrons. The van der Waals surface area contributed by atoms with Crippen molar-refractivity contribution in [2.75, 3.05) is 18.5 Å². The van der Waals surface area contributed by atoms with Gasteiger partial charge in [-0.3, -0.25) is 0 Å². The summed E-state index contributed by atoms with van der Waals surface area (Å²) < 4.78 is 0. The van der Waals surface area contributed by atoms with Crippen LogP contribution in [-0.4, -0.2) is 34.1 Å². The molecule has 5 heteroatoms. The first-order valence-corrected chi connectivity index (χ1v) is 6.20. The molecule has 0 atom stereocenters. The van der Waals surface area contributed by atoms with Gasteiger partial charge in [0.1, 0.15) is 0 Å². The number of thiocarbonyl (C=S) groups is 1. The van der Waals surface area contributed by atoms with E-state index in [4.69, 9.17) is 12.2 Å². The molecule has 0 spiro atoms. The molecule has 1 rings (SSSR count).